The lowest BCUT2D eigenvalue weighted by Gasteiger charge is -2.19. The second kappa shape index (κ2) is 8.29. The number of ether oxygens (including phenoxy) is 1. The average Bonchev–Trinajstić information content (AvgIpc) is 2.67. The fourth-order valence-electron chi connectivity index (χ4n) is 1.81. The van der Waals surface area contributed by atoms with Gasteiger partial charge in [-0.3, -0.25) is 4.79 Å². The molecule has 0 bridgehead atoms. The highest BCUT2D eigenvalue weighted by atomic mass is 32.1. The lowest BCUT2D eigenvalue weighted by molar-refractivity contribution is 0.0528. The van der Waals surface area contributed by atoms with E-state index in [4.69, 9.17) is 22.7 Å². The molecule has 0 spiro atoms. The number of rotatable bonds is 5. The van der Waals surface area contributed by atoms with Crippen LogP contribution < -0.4 is 21.7 Å². The normalized spacial score (nSPS) is 10.9. The third-order valence-corrected chi connectivity index (χ3v) is 4.31. The first kappa shape index (κ1) is 20.2. The van der Waals surface area contributed by atoms with Crippen molar-refractivity contribution in [1.82, 2.24) is 10.6 Å². The molecule has 0 aromatic carbocycles. The third kappa shape index (κ3) is 6.32. The summed E-state index contributed by atoms with van der Waals surface area (Å²) in [5.74, 6) is -0.492. The van der Waals surface area contributed by atoms with E-state index < -0.39 is 17.6 Å². The first-order chi connectivity index (χ1) is 11.0. The Labute approximate surface area is 151 Å². The standard InChI is InChI=1S/C15H24N4O3S2/c1-8-9(2)24-12(10(8)11(16)20)19-13(23)17-6-7-18-14(21)22-15(3,4)5/h6-7H2,1-5H3,(H2,16,20)(H,18,21)(H2,17,19,23). The van der Waals surface area contributed by atoms with Gasteiger partial charge >= 0.3 is 6.09 Å². The number of hydrogen-bond donors (Lipinski definition) is 4. The molecule has 0 aliphatic carbocycles. The van der Waals surface area contributed by atoms with Gasteiger partial charge in [-0.05, 0) is 52.4 Å². The maximum absolute atomic E-state index is 11.6. The number of thiophene rings is 1. The van der Waals surface area contributed by atoms with Crippen LogP contribution in [0.3, 0.4) is 0 Å². The van der Waals surface area contributed by atoms with Crippen molar-refractivity contribution in [2.24, 2.45) is 5.73 Å². The second-order valence-corrected chi connectivity index (χ2v) is 7.79. The number of hydrogen-bond acceptors (Lipinski definition) is 5. The summed E-state index contributed by atoms with van der Waals surface area (Å²) in [6.45, 7) is 9.92. The molecule has 0 radical (unpaired) electrons. The van der Waals surface area contributed by atoms with Gasteiger partial charge in [0.25, 0.3) is 5.91 Å². The van der Waals surface area contributed by atoms with Crippen molar-refractivity contribution in [2.75, 3.05) is 18.4 Å². The number of amides is 2. The summed E-state index contributed by atoms with van der Waals surface area (Å²) in [6.07, 6.45) is -0.483. The van der Waals surface area contributed by atoms with E-state index in [0.717, 1.165) is 10.4 Å². The Bertz CT molecular complexity index is 635. The van der Waals surface area contributed by atoms with Crippen LogP contribution in [-0.2, 0) is 4.74 Å². The Hall–Kier alpha value is -1.87. The number of aryl methyl sites for hydroxylation is 1. The van der Waals surface area contributed by atoms with Crippen LogP contribution in [0, 0.1) is 13.8 Å². The van der Waals surface area contributed by atoms with Gasteiger partial charge in [0.05, 0.1) is 5.56 Å². The summed E-state index contributed by atoms with van der Waals surface area (Å²) < 4.78 is 5.12. The van der Waals surface area contributed by atoms with Gasteiger partial charge in [0.15, 0.2) is 5.11 Å². The van der Waals surface area contributed by atoms with Gasteiger partial charge in [-0.2, -0.15) is 0 Å². The molecule has 0 aliphatic rings. The molecule has 5 N–H and O–H groups in total. The van der Waals surface area contributed by atoms with E-state index in [2.05, 4.69) is 16.0 Å². The number of thiocarbonyl (C=S) groups is 1. The van der Waals surface area contributed by atoms with Gasteiger partial charge in [0, 0.05) is 18.0 Å². The van der Waals surface area contributed by atoms with Crippen LogP contribution in [0.15, 0.2) is 0 Å². The van der Waals surface area contributed by atoms with Crippen molar-refractivity contribution < 1.29 is 14.3 Å². The molecule has 1 aromatic heterocycles. The number of alkyl carbamates (subject to hydrolysis) is 1. The van der Waals surface area contributed by atoms with E-state index in [0.29, 0.717) is 28.8 Å². The summed E-state index contributed by atoms with van der Waals surface area (Å²) in [4.78, 5) is 24.0. The van der Waals surface area contributed by atoms with Crippen molar-refractivity contribution in [3.8, 4) is 0 Å². The van der Waals surface area contributed by atoms with Gasteiger partial charge in [-0.15, -0.1) is 11.3 Å². The van der Waals surface area contributed by atoms with Crippen LogP contribution in [-0.4, -0.2) is 35.8 Å². The molecule has 1 heterocycles. The molecule has 1 rings (SSSR count). The van der Waals surface area contributed by atoms with Gasteiger partial charge in [-0.1, -0.05) is 0 Å². The van der Waals surface area contributed by atoms with Gasteiger partial charge in [0.1, 0.15) is 10.6 Å². The largest absolute Gasteiger partial charge is 0.444 e. The molecule has 134 valence electrons. The Morgan fingerprint density at radius 3 is 2.33 bits per heavy atom. The second-order valence-electron chi connectivity index (χ2n) is 6.16. The molecule has 2 amide bonds. The zero-order valence-corrected chi connectivity index (χ0v) is 16.2. The van der Waals surface area contributed by atoms with Crippen molar-refractivity contribution in [2.45, 2.75) is 40.2 Å². The van der Waals surface area contributed by atoms with E-state index in [1.165, 1.54) is 11.3 Å². The Balaban J connectivity index is 2.44. The van der Waals surface area contributed by atoms with Gasteiger partial charge < -0.3 is 26.4 Å². The zero-order chi connectivity index (χ0) is 18.5. The molecule has 0 atom stereocenters. The number of anilines is 1. The Kier molecular flexibility index (Phi) is 6.97. The summed E-state index contributed by atoms with van der Waals surface area (Å²) in [5.41, 5.74) is 6.18. The minimum atomic E-state index is -0.533. The minimum Gasteiger partial charge on any atom is -0.444 e. The van der Waals surface area contributed by atoms with E-state index in [1.807, 2.05) is 13.8 Å². The lowest BCUT2D eigenvalue weighted by atomic mass is 10.1. The zero-order valence-electron chi connectivity index (χ0n) is 14.5. The maximum atomic E-state index is 11.6. The first-order valence-electron chi connectivity index (χ1n) is 7.42. The summed E-state index contributed by atoms with van der Waals surface area (Å²) in [6, 6.07) is 0. The van der Waals surface area contributed by atoms with Crippen molar-refractivity contribution in [3.63, 3.8) is 0 Å². The first-order valence-corrected chi connectivity index (χ1v) is 8.65. The molecule has 0 saturated carbocycles. The molecular weight excluding hydrogens is 348 g/mol. The highest BCUT2D eigenvalue weighted by Crippen LogP contribution is 2.31. The smallest absolute Gasteiger partial charge is 0.407 e. The number of carbonyl (C=O) groups excluding carboxylic acids is 2. The minimum absolute atomic E-state index is 0.349. The molecular formula is C15H24N4O3S2. The van der Waals surface area contributed by atoms with E-state index >= 15 is 0 Å². The molecule has 0 fully saturated rings. The maximum Gasteiger partial charge on any atom is 0.407 e. The molecule has 0 saturated heterocycles. The predicted octanol–water partition coefficient (Wildman–Crippen LogP) is 2.27. The van der Waals surface area contributed by atoms with Gasteiger partial charge in [0.2, 0.25) is 0 Å². The lowest BCUT2D eigenvalue weighted by Crippen LogP contribution is -2.39. The molecule has 9 heteroatoms. The number of carbonyl (C=O) groups is 2. The molecule has 0 aliphatic heterocycles. The van der Waals surface area contributed by atoms with Crippen LogP contribution >= 0.6 is 23.6 Å². The monoisotopic (exact) mass is 372 g/mol. The molecule has 0 unspecified atom stereocenters. The number of nitrogens with two attached hydrogens (primary N) is 1. The van der Waals surface area contributed by atoms with Crippen molar-refractivity contribution >= 4 is 45.7 Å². The number of primary amides is 1. The van der Waals surface area contributed by atoms with Crippen LogP contribution in [0.4, 0.5) is 9.80 Å². The van der Waals surface area contributed by atoms with Crippen LogP contribution in [0.5, 0.6) is 0 Å². The molecule has 7 nitrogen and oxygen atoms in total. The Morgan fingerprint density at radius 1 is 1.21 bits per heavy atom. The van der Waals surface area contributed by atoms with Crippen LogP contribution in [0.1, 0.15) is 41.6 Å². The predicted molar refractivity (Wildman–Crippen MR) is 101 cm³/mol. The van der Waals surface area contributed by atoms with E-state index in [1.54, 1.807) is 20.8 Å². The Morgan fingerprint density at radius 2 is 1.79 bits per heavy atom. The summed E-state index contributed by atoms with van der Waals surface area (Å²) >= 11 is 6.61. The highest BCUT2D eigenvalue weighted by Gasteiger charge is 2.18. The fraction of sp³-hybridized carbons (Fsp3) is 0.533. The van der Waals surface area contributed by atoms with Crippen molar-refractivity contribution in [3.05, 3.63) is 16.0 Å². The van der Waals surface area contributed by atoms with Crippen LogP contribution in [0.2, 0.25) is 0 Å². The van der Waals surface area contributed by atoms with Crippen LogP contribution in [0.25, 0.3) is 0 Å². The summed E-state index contributed by atoms with van der Waals surface area (Å²) in [5, 5.41) is 9.51. The van der Waals surface area contributed by atoms with Crippen molar-refractivity contribution in [1.29, 1.82) is 0 Å². The quantitative estimate of drug-likeness (QED) is 0.467. The molecule has 24 heavy (non-hydrogen) atoms. The van der Waals surface area contributed by atoms with Gasteiger partial charge in [-0.25, -0.2) is 4.79 Å². The average molecular weight is 373 g/mol. The molecule has 1 aromatic rings. The fourth-order valence-corrected chi connectivity index (χ4v) is 3.15. The topological polar surface area (TPSA) is 105 Å². The third-order valence-electron chi connectivity index (χ3n) is 2.94. The van der Waals surface area contributed by atoms with E-state index in [-0.39, 0.29) is 0 Å². The SMILES string of the molecule is Cc1sc(NC(=S)NCCNC(=O)OC(C)(C)C)c(C(N)=O)c1C. The number of nitrogens with one attached hydrogen (secondary N) is 3. The highest BCUT2D eigenvalue weighted by molar-refractivity contribution is 7.80. The van der Waals surface area contributed by atoms with E-state index in [9.17, 15) is 9.59 Å². The summed E-state index contributed by atoms with van der Waals surface area (Å²) in [7, 11) is 0.